The molecule has 5 nitrogen and oxygen atoms in total. The number of amides is 1. The monoisotopic (exact) mass is 277 g/mol. The van der Waals surface area contributed by atoms with Gasteiger partial charge in [0.2, 0.25) is 5.91 Å². The van der Waals surface area contributed by atoms with Crippen LogP contribution in [0.2, 0.25) is 0 Å². The normalized spacial score (nSPS) is 11.7. The van der Waals surface area contributed by atoms with Crippen LogP contribution in [-0.2, 0) is 11.2 Å². The van der Waals surface area contributed by atoms with Gasteiger partial charge in [-0.05, 0) is 11.5 Å². The molecule has 0 fully saturated rings. The lowest BCUT2D eigenvalue weighted by Gasteiger charge is -2.24. The number of amidine groups is 1. The molecular weight excluding hydrogens is 254 g/mol. The molecule has 0 aliphatic heterocycles. The van der Waals surface area contributed by atoms with Crippen molar-refractivity contribution in [3.8, 4) is 0 Å². The van der Waals surface area contributed by atoms with Crippen LogP contribution in [-0.4, -0.2) is 34.9 Å². The molecule has 0 aliphatic rings. The summed E-state index contributed by atoms with van der Waals surface area (Å²) in [5.41, 5.74) is 6.46. The number of oxime groups is 1. The molecule has 1 aromatic rings. The van der Waals surface area contributed by atoms with Crippen molar-refractivity contribution in [1.82, 2.24) is 4.90 Å². The molecule has 1 aromatic carbocycles. The molecular formula is C15H23N3O2. The van der Waals surface area contributed by atoms with E-state index < -0.39 is 0 Å². The van der Waals surface area contributed by atoms with E-state index in [2.05, 4.69) is 19.0 Å². The zero-order valence-corrected chi connectivity index (χ0v) is 12.1. The van der Waals surface area contributed by atoms with Gasteiger partial charge >= 0.3 is 0 Å². The lowest BCUT2D eigenvalue weighted by atomic mass is 10.1. The molecule has 0 aliphatic carbocycles. The smallest absolute Gasteiger partial charge is 0.227 e. The van der Waals surface area contributed by atoms with Crippen LogP contribution in [0.3, 0.4) is 0 Å². The predicted molar refractivity (Wildman–Crippen MR) is 79.6 cm³/mol. The molecule has 0 unspecified atom stereocenters. The fourth-order valence-electron chi connectivity index (χ4n) is 1.94. The Labute approximate surface area is 120 Å². The molecule has 1 rings (SSSR count). The van der Waals surface area contributed by atoms with Crippen molar-refractivity contribution in [2.75, 3.05) is 13.1 Å². The van der Waals surface area contributed by atoms with Crippen LogP contribution in [0.15, 0.2) is 35.5 Å². The molecule has 0 heterocycles. The Bertz CT molecular complexity index is 444. The molecule has 1 amide bonds. The van der Waals surface area contributed by atoms with Crippen molar-refractivity contribution in [3.05, 3.63) is 35.9 Å². The van der Waals surface area contributed by atoms with E-state index >= 15 is 0 Å². The maximum atomic E-state index is 12.3. The zero-order chi connectivity index (χ0) is 15.0. The molecule has 0 saturated heterocycles. The fraction of sp³-hybridized carbons (Fsp3) is 0.467. The summed E-state index contributed by atoms with van der Waals surface area (Å²) < 4.78 is 0. The Kier molecular flexibility index (Phi) is 6.56. The standard InChI is InChI=1S/C15H23N3O2/c1-12(2)11-18(9-8-14(16)17-20)15(19)10-13-6-4-3-5-7-13/h3-7,12,20H,8-11H2,1-2H3,(H2,16,17). The summed E-state index contributed by atoms with van der Waals surface area (Å²) in [4.78, 5) is 14.1. The van der Waals surface area contributed by atoms with Gasteiger partial charge in [-0.1, -0.05) is 49.3 Å². The van der Waals surface area contributed by atoms with Crippen molar-refractivity contribution in [2.24, 2.45) is 16.8 Å². The van der Waals surface area contributed by atoms with Crippen LogP contribution >= 0.6 is 0 Å². The first-order valence-electron chi connectivity index (χ1n) is 6.81. The fourth-order valence-corrected chi connectivity index (χ4v) is 1.94. The van der Waals surface area contributed by atoms with E-state index in [-0.39, 0.29) is 11.7 Å². The van der Waals surface area contributed by atoms with Gasteiger partial charge in [0.05, 0.1) is 6.42 Å². The molecule has 0 radical (unpaired) electrons. The maximum Gasteiger partial charge on any atom is 0.227 e. The molecule has 110 valence electrons. The first-order chi connectivity index (χ1) is 9.52. The van der Waals surface area contributed by atoms with Crippen molar-refractivity contribution in [3.63, 3.8) is 0 Å². The highest BCUT2D eigenvalue weighted by Gasteiger charge is 2.15. The summed E-state index contributed by atoms with van der Waals surface area (Å²) in [5, 5.41) is 11.5. The van der Waals surface area contributed by atoms with Gasteiger partial charge in [0.15, 0.2) is 0 Å². The van der Waals surface area contributed by atoms with E-state index in [1.807, 2.05) is 30.3 Å². The summed E-state index contributed by atoms with van der Waals surface area (Å²) >= 11 is 0. The molecule has 20 heavy (non-hydrogen) atoms. The maximum absolute atomic E-state index is 12.3. The van der Waals surface area contributed by atoms with Gasteiger partial charge in [0, 0.05) is 19.5 Å². The predicted octanol–water partition coefficient (Wildman–Crippen LogP) is 1.85. The number of hydrogen-bond acceptors (Lipinski definition) is 3. The molecule has 0 atom stereocenters. The minimum Gasteiger partial charge on any atom is -0.409 e. The third kappa shape index (κ3) is 5.73. The molecule has 3 N–H and O–H groups in total. The number of nitrogens with zero attached hydrogens (tertiary/aromatic N) is 2. The number of rotatable bonds is 7. The summed E-state index contributed by atoms with van der Waals surface area (Å²) in [5.74, 6) is 0.587. The van der Waals surface area contributed by atoms with E-state index in [4.69, 9.17) is 10.9 Å². The first-order valence-corrected chi connectivity index (χ1v) is 6.81. The van der Waals surface area contributed by atoms with Crippen molar-refractivity contribution in [1.29, 1.82) is 0 Å². The zero-order valence-electron chi connectivity index (χ0n) is 12.1. The van der Waals surface area contributed by atoms with Crippen LogP contribution in [0.1, 0.15) is 25.8 Å². The number of hydrogen-bond donors (Lipinski definition) is 2. The summed E-state index contributed by atoms with van der Waals surface area (Å²) in [7, 11) is 0. The lowest BCUT2D eigenvalue weighted by Crippen LogP contribution is -2.37. The number of carbonyl (C=O) groups is 1. The van der Waals surface area contributed by atoms with E-state index in [0.717, 1.165) is 5.56 Å². The van der Waals surface area contributed by atoms with Gasteiger partial charge in [0.25, 0.3) is 0 Å². The molecule has 0 bridgehead atoms. The second-order valence-electron chi connectivity index (χ2n) is 5.24. The van der Waals surface area contributed by atoms with Crippen molar-refractivity contribution < 1.29 is 10.0 Å². The number of nitrogens with two attached hydrogens (primary N) is 1. The van der Waals surface area contributed by atoms with E-state index in [0.29, 0.717) is 31.8 Å². The van der Waals surface area contributed by atoms with Gasteiger partial charge in [-0.3, -0.25) is 4.79 Å². The first kappa shape index (κ1) is 16.0. The minimum atomic E-state index is 0.0654. The second kappa shape index (κ2) is 8.19. The molecule has 0 spiro atoms. The van der Waals surface area contributed by atoms with Crippen molar-refractivity contribution >= 4 is 11.7 Å². The number of carbonyl (C=O) groups excluding carboxylic acids is 1. The Morgan fingerprint density at radius 2 is 2.00 bits per heavy atom. The highest BCUT2D eigenvalue weighted by Crippen LogP contribution is 2.06. The van der Waals surface area contributed by atoms with Crippen LogP contribution in [0, 0.1) is 5.92 Å². The molecule has 0 aromatic heterocycles. The highest BCUT2D eigenvalue weighted by molar-refractivity contribution is 5.82. The minimum absolute atomic E-state index is 0.0654. The van der Waals surface area contributed by atoms with E-state index in [1.165, 1.54) is 0 Å². The van der Waals surface area contributed by atoms with Gasteiger partial charge in [-0.15, -0.1) is 0 Å². The molecule has 5 heteroatoms. The Hall–Kier alpha value is -2.04. The van der Waals surface area contributed by atoms with Crippen LogP contribution in [0.25, 0.3) is 0 Å². The largest absolute Gasteiger partial charge is 0.409 e. The van der Waals surface area contributed by atoms with Crippen LogP contribution < -0.4 is 5.73 Å². The third-order valence-corrected chi connectivity index (χ3v) is 2.90. The summed E-state index contributed by atoms with van der Waals surface area (Å²) in [6, 6.07) is 9.65. The summed E-state index contributed by atoms with van der Waals surface area (Å²) in [6.45, 7) is 5.27. The second-order valence-corrected chi connectivity index (χ2v) is 5.24. The number of benzene rings is 1. The van der Waals surface area contributed by atoms with E-state index in [1.54, 1.807) is 4.90 Å². The average molecular weight is 277 g/mol. The van der Waals surface area contributed by atoms with Crippen molar-refractivity contribution in [2.45, 2.75) is 26.7 Å². The lowest BCUT2D eigenvalue weighted by molar-refractivity contribution is -0.130. The third-order valence-electron chi connectivity index (χ3n) is 2.90. The van der Waals surface area contributed by atoms with Crippen LogP contribution in [0.4, 0.5) is 0 Å². The van der Waals surface area contributed by atoms with Gasteiger partial charge in [-0.2, -0.15) is 0 Å². The Balaban J connectivity index is 2.64. The van der Waals surface area contributed by atoms with Gasteiger partial charge in [0.1, 0.15) is 5.84 Å². The highest BCUT2D eigenvalue weighted by atomic mass is 16.4. The van der Waals surface area contributed by atoms with Crippen LogP contribution in [0.5, 0.6) is 0 Å². The topological polar surface area (TPSA) is 78.9 Å². The molecule has 0 saturated carbocycles. The quantitative estimate of drug-likeness (QED) is 0.345. The average Bonchev–Trinajstić information content (AvgIpc) is 2.43. The Morgan fingerprint density at radius 1 is 1.35 bits per heavy atom. The summed E-state index contributed by atoms with van der Waals surface area (Å²) in [6.07, 6.45) is 0.757. The van der Waals surface area contributed by atoms with E-state index in [9.17, 15) is 4.79 Å². The van der Waals surface area contributed by atoms with Gasteiger partial charge in [-0.25, -0.2) is 0 Å². The Morgan fingerprint density at radius 3 is 2.55 bits per heavy atom. The SMILES string of the molecule is CC(C)CN(CCC(N)=NO)C(=O)Cc1ccccc1. The van der Waals surface area contributed by atoms with Gasteiger partial charge < -0.3 is 15.8 Å².